The van der Waals surface area contributed by atoms with Gasteiger partial charge in [0, 0.05) is 0 Å². The Bertz CT molecular complexity index is 283. The van der Waals surface area contributed by atoms with Crippen molar-refractivity contribution in [2.24, 2.45) is 0 Å². The Balaban J connectivity index is 2.44. The van der Waals surface area contributed by atoms with Gasteiger partial charge in [0.2, 0.25) is 0 Å². The van der Waals surface area contributed by atoms with E-state index >= 15 is 0 Å². The molecule has 1 fully saturated rings. The molecule has 3 heteroatoms. The Morgan fingerprint density at radius 1 is 1.23 bits per heavy atom. The molecule has 1 aliphatic rings. The molecule has 0 saturated carbocycles. The first-order chi connectivity index (χ1) is 6.36. The van der Waals surface area contributed by atoms with Gasteiger partial charge in [0.1, 0.15) is 17.6 Å². The summed E-state index contributed by atoms with van der Waals surface area (Å²) in [6.45, 7) is 0.761. The number of hydrogen-bond acceptors (Lipinski definition) is 3. The maximum absolute atomic E-state index is 5.23. The highest BCUT2D eigenvalue weighted by molar-refractivity contribution is 5.47. The molecule has 0 spiro atoms. The van der Waals surface area contributed by atoms with Gasteiger partial charge < -0.3 is 14.2 Å². The van der Waals surface area contributed by atoms with Crippen molar-refractivity contribution in [1.82, 2.24) is 0 Å². The zero-order valence-electron chi connectivity index (χ0n) is 7.74. The van der Waals surface area contributed by atoms with Crippen LogP contribution in [0.15, 0.2) is 18.2 Å². The smallest absolute Gasteiger partial charge is 0.128 e. The second kappa shape index (κ2) is 3.26. The minimum Gasteiger partial charge on any atom is -0.496 e. The molecule has 1 heterocycles. The fourth-order valence-electron chi connectivity index (χ4n) is 1.41. The quantitative estimate of drug-likeness (QED) is 0.664. The van der Waals surface area contributed by atoms with E-state index in [0.717, 1.165) is 23.7 Å². The third-order valence-corrected chi connectivity index (χ3v) is 2.12. The highest BCUT2D eigenvalue weighted by Crippen LogP contribution is 2.41. The maximum atomic E-state index is 5.23. The summed E-state index contributed by atoms with van der Waals surface area (Å²) in [7, 11) is 3.31. The van der Waals surface area contributed by atoms with Gasteiger partial charge in [0.25, 0.3) is 0 Å². The van der Waals surface area contributed by atoms with Gasteiger partial charge in [-0.1, -0.05) is 6.07 Å². The average Bonchev–Trinajstić information content (AvgIpc) is 3.00. The van der Waals surface area contributed by atoms with Crippen LogP contribution in [0.4, 0.5) is 0 Å². The van der Waals surface area contributed by atoms with Crippen LogP contribution in [0.1, 0.15) is 11.7 Å². The van der Waals surface area contributed by atoms with E-state index in [1.807, 2.05) is 18.2 Å². The molecule has 0 aliphatic carbocycles. The Kier molecular flexibility index (Phi) is 2.10. The molecule has 1 aliphatic heterocycles. The lowest BCUT2D eigenvalue weighted by Gasteiger charge is -2.10. The van der Waals surface area contributed by atoms with Crippen molar-refractivity contribution in [2.45, 2.75) is 6.10 Å². The molecule has 13 heavy (non-hydrogen) atoms. The van der Waals surface area contributed by atoms with Crippen LogP contribution in [0.2, 0.25) is 0 Å². The average molecular weight is 180 g/mol. The third-order valence-electron chi connectivity index (χ3n) is 2.12. The minimum absolute atomic E-state index is 0.158. The normalized spacial score (nSPS) is 19.7. The number of benzene rings is 1. The van der Waals surface area contributed by atoms with E-state index in [1.165, 1.54) is 0 Å². The number of epoxide rings is 1. The molecule has 1 aromatic rings. The van der Waals surface area contributed by atoms with Crippen LogP contribution in [-0.4, -0.2) is 20.8 Å². The Hall–Kier alpha value is -1.22. The molecule has 0 radical (unpaired) electrons. The monoisotopic (exact) mass is 180 g/mol. The van der Waals surface area contributed by atoms with Gasteiger partial charge in [0.05, 0.1) is 26.4 Å². The van der Waals surface area contributed by atoms with Gasteiger partial charge in [-0.25, -0.2) is 0 Å². The van der Waals surface area contributed by atoms with E-state index in [0.29, 0.717) is 0 Å². The zero-order chi connectivity index (χ0) is 9.26. The van der Waals surface area contributed by atoms with Gasteiger partial charge >= 0.3 is 0 Å². The summed E-state index contributed by atoms with van der Waals surface area (Å²) in [5.74, 6) is 1.67. The molecule has 1 atom stereocenters. The number of ether oxygens (including phenoxy) is 3. The maximum Gasteiger partial charge on any atom is 0.128 e. The molecule has 3 nitrogen and oxygen atoms in total. The van der Waals surface area contributed by atoms with Crippen LogP contribution >= 0.6 is 0 Å². The highest BCUT2D eigenvalue weighted by atomic mass is 16.6. The minimum atomic E-state index is 0.158. The predicted molar refractivity (Wildman–Crippen MR) is 48.2 cm³/mol. The summed E-state index contributed by atoms with van der Waals surface area (Å²) in [4.78, 5) is 0. The van der Waals surface area contributed by atoms with E-state index < -0.39 is 0 Å². The lowest BCUT2D eigenvalue weighted by Crippen LogP contribution is -1.95. The molecule has 0 aromatic heterocycles. The van der Waals surface area contributed by atoms with Crippen LogP contribution in [0.25, 0.3) is 0 Å². The first-order valence-electron chi connectivity index (χ1n) is 4.19. The van der Waals surface area contributed by atoms with Crippen molar-refractivity contribution in [3.05, 3.63) is 23.8 Å². The molecule has 1 saturated heterocycles. The molecule has 0 amide bonds. The molecule has 0 N–H and O–H groups in total. The van der Waals surface area contributed by atoms with Crippen molar-refractivity contribution in [3.8, 4) is 11.5 Å². The lowest BCUT2D eigenvalue weighted by atomic mass is 10.1. The Morgan fingerprint density at radius 3 is 2.15 bits per heavy atom. The van der Waals surface area contributed by atoms with E-state index in [2.05, 4.69) is 0 Å². The summed E-state index contributed by atoms with van der Waals surface area (Å²) in [5, 5.41) is 0. The molecular weight excluding hydrogens is 168 g/mol. The molecule has 2 rings (SSSR count). The Morgan fingerprint density at radius 2 is 1.77 bits per heavy atom. The highest BCUT2D eigenvalue weighted by Gasteiger charge is 2.31. The fraction of sp³-hybridized carbons (Fsp3) is 0.400. The van der Waals surface area contributed by atoms with Gasteiger partial charge in [-0.05, 0) is 12.1 Å². The lowest BCUT2D eigenvalue weighted by molar-refractivity contribution is 0.359. The van der Waals surface area contributed by atoms with E-state index in [1.54, 1.807) is 14.2 Å². The van der Waals surface area contributed by atoms with Gasteiger partial charge in [-0.3, -0.25) is 0 Å². The molecule has 70 valence electrons. The van der Waals surface area contributed by atoms with Crippen molar-refractivity contribution >= 4 is 0 Å². The molecular formula is C10H12O3. The van der Waals surface area contributed by atoms with Crippen LogP contribution < -0.4 is 9.47 Å². The summed E-state index contributed by atoms with van der Waals surface area (Å²) in [5.41, 5.74) is 1.02. The zero-order valence-corrected chi connectivity index (χ0v) is 7.74. The van der Waals surface area contributed by atoms with Gasteiger partial charge in [-0.15, -0.1) is 0 Å². The topological polar surface area (TPSA) is 31.0 Å². The number of methoxy groups -OCH3 is 2. The number of rotatable bonds is 3. The summed E-state index contributed by atoms with van der Waals surface area (Å²) < 4.78 is 15.7. The van der Waals surface area contributed by atoms with Crippen LogP contribution in [0.3, 0.4) is 0 Å². The predicted octanol–water partition coefficient (Wildman–Crippen LogP) is 1.78. The van der Waals surface area contributed by atoms with Crippen molar-refractivity contribution < 1.29 is 14.2 Å². The van der Waals surface area contributed by atoms with E-state index in [4.69, 9.17) is 14.2 Å². The number of hydrogen-bond donors (Lipinski definition) is 0. The van der Waals surface area contributed by atoms with Crippen molar-refractivity contribution in [1.29, 1.82) is 0 Å². The van der Waals surface area contributed by atoms with Gasteiger partial charge in [-0.2, -0.15) is 0 Å². The van der Waals surface area contributed by atoms with Crippen LogP contribution in [0.5, 0.6) is 11.5 Å². The molecule has 0 bridgehead atoms. The fourth-order valence-corrected chi connectivity index (χ4v) is 1.41. The van der Waals surface area contributed by atoms with Gasteiger partial charge in [0.15, 0.2) is 0 Å². The largest absolute Gasteiger partial charge is 0.496 e. The van der Waals surface area contributed by atoms with Crippen molar-refractivity contribution in [2.75, 3.05) is 20.8 Å². The van der Waals surface area contributed by atoms with E-state index in [9.17, 15) is 0 Å². The van der Waals surface area contributed by atoms with E-state index in [-0.39, 0.29) is 6.10 Å². The first kappa shape index (κ1) is 8.38. The molecule has 0 unspecified atom stereocenters. The SMILES string of the molecule is COc1cccc(OC)c1[C@H]1CO1. The van der Waals surface area contributed by atoms with Crippen molar-refractivity contribution in [3.63, 3.8) is 0 Å². The summed E-state index contributed by atoms with van der Waals surface area (Å²) >= 11 is 0. The van der Waals surface area contributed by atoms with Crippen LogP contribution in [-0.2, 0) is 4.74 Å². The second-order valence-electron chi connectivity index (χ2n) is 2.90. The summed E-state index contributed by atoms with van der Waals surface area (Å²) in [6, 6.07) is 5.74. The molecule has 1 aromatic carbocycles. The standard InChI is InChI=1S/C10H12O3/c1-11-7-4-3-5-8(12-2)10(7)9-6-13-9/h3-5,9H,6H2,1-2H3/t9-/m1/s1. The summed E-state index contributed by atoms with van der Waals surface area (Å²) in [6.07, 6.45) is 0.158. The van der Waals surface area contributed by atoms with Crippen LogP contribution in [0, 0.1) is 0 Å². The first-order valence-corrected chi connectivity index (χ1v) is 4.19. The second-order valence-corrected chi connectivity index (χ2v) is 2.90. The Labute approximate surface area is 77.2 Å². The third kappa shape index (κ3) is 1.47.